The van der Waals surface area contributed by atoms with Gasteiger partial charge >= 0.3 is 0 Å². The van der Waals surface area contributed by atoms with Gasteiger partial charge in [-0.05, 0) is 24.3 Å². The summed E-state index contributed by atoms with van der Waals surface area (Å²) >= 11 is 6.17. The lowest BCUT2D eigenvalue weighted by Gasteiger charge is -2.17. The number of amides is 1. The molecule has 6 heteroatoms. The second-order valence-corrected chi connectivity index (χ2v) is 6.48. The molecular formula is C21H21ClN2O3. The highest BCUT2D eigenvalue weighted by Crippen LogP contribution is 2.28. The van der Waals surface area contributed by atoms with Crippen molar-refractivity contribution in [2.75, 3.05) is 20.2 Å². The van der Waals surface area contributed by atoms with Gasteiger partial charge < -0.3 is 14.1 Å². The van der Waals surface area contributed by atoms with Crippen molar-refractivity contribution in [1.82, 2.24) is 9.88 Å². The zero-order chi connectivity index (χ0) is 19.1. The number of para-hydroxylation sites is 1. The molecule has 0 fully saturated rings. The molecule has 1 amide bonds. The molecule has 0 bridgehead atoms. The fraction of sp³-hybridized carbons (Fsp3) is 0.238. The van der Waals surface area contributed by atoms with Gasteiger partial charge in [0.1, 0.15) is 12.4 Å². The third-order valence-corrected chi connectivity index (χ3v) is 4.44. The molecule has 0 aliphatic rings. The zero-order valence-corrected chi connectivity index (χ0v) is 15.9. The summed E-state index contributed by atoms with van der Waals surface area (Å²) in [5, 5.41) is 0.606. The molecule has 5 nitrogen and oxygen atoms in total. The number of carbonyl (C=O) groups is 1. The topological polar surface area (TPSA) is 55.6 Å². The molecule has 1 heterocycles. The second-order valence-electron chi connectivity index (χ2n) is 6.07. The number of likely N-dealkylation sites (N-methyl/N-ethyl adjacent to an activating group) is 1. The first kappa shape index (κ1) is 19.0. The number of halogens is 1. The first-order valence-electron chi connectivity index (χ1n) is 8.75. The second kappa shape index (κ2) is 9.24. The fourth-order valence-electron chi connectivity index (χ4n) is 2.56. The lowest BCUT2D eigenvalue weighted by atomic mass is 10.2. The molecule has 2 aromatic carbocycles. The maximum atomic E-state index is 12.3. The molecule has 0 aliphatic carbocycles. The molecule has 0 unspecified atom stereocenters. The summed E-state index contributed by atoms with van der Waals surface area (Å²) in [6.07, 6.45) is 2.40. The lowest BCUT2D eigenvalue weighted by Crippen LogP contribution is -2.31. The number of oxazole rings is 1. The van der Waals surface area contributed by atoms with E-state index in [1.165, 1.54) is 0 Å². The van der Waals surface area contributed by atoms with Gasteiger partial charge in [0.2, 0.25) is 5.91 Å². The van der Waals surface area contributed by atoms with E-state index in [4.69, 9.17) is 20.8 Å². The molecule has 0 spiro atoms. The van der Waals surface area contributed by atoms with Crippen molar-refractivity contribution in [3.05, 3.63) is 71.7 Å². The fourth-order valence-corrected chi connectivity index (χ4v) is 2.79. The van der Waals surface area contributed by atoms with Crippen molar-refractivity contribution in [2.24, 2.45) is 0 Å². The number of rotatable bonds is 8. The summed E-state index contributed by atoms with van der Waals surface area (Å²) in [6.45, 7) is 0.964. The Morgan fingerprint density at radius 3 is 2.67 bits per heavy atom. The van der Waals surface area contributed by atoms with Crippen molar-refractivity contribution in [3.8, 4) is 17.1 Å². The van der Waals surface area contributed by atoms with E-state index in [1.807, 2.05) is 48.5 Å². The summed E-state index contributed by atoms with van der Waals surface area (Å²) in [7, 11) is 1.77. The average Bonchev–Trinajstić information content (AvgIpc) is 3.16. The summed E-state index contributed by atoms with van der Waals surface area (Å²) < 4.78 is 11.3. The molecule has 3 aromatic rings. The Kier molecular flexibility index (Phi) is 6.49. The smallest absolute Gasteiger partial charge is 0.222 e. The number of hydrogen-bond acceptors (Lipinski definition) is 4. The zero-order valence-electron chi connectivity index (χ0n) is 15.1. The number of aryl methyl sites for hydroxylation is 1. The van der Waals surface area contributed by atoms with E-state index in [-0.39, 0.29) is 5.91 Å². The van der Waals surface area contributed by atoms with Crippen LogP contribution in [0.2, 0.25) is 5.02 Å². The maximum absolute atomic E-state index is 12.3. The van der Waals surface area contributed by atoms with Gasteiger partial charge in [0, 0.05) is 25.5 Å². The minimum absolute atomic E-state index is 0.0177. The van der Waals surface area contributed by atoms with Crippen LogP contribution >= 0.6 is 11.6 Å². The molecule has 0 aliphatic heterocycles. The van der Waals surface area contributed by atoms with E-state index in [2.05, 4.69) is 4.98 Å². The molecule has 0 saturated carbocycles. The maximum Gasteiger partial charge on any atom is 0.222 e. The van der Waals surface area contributed by atoms with E-state index in [0.29, 0.717) is 42.7 Å². The Bertz CT molecular complexity index is 880. The minimum Gasteiger partial charge on any atom is -0.492 e. The van der Waals surface area contributed by atoms with Gasteiger partial charge in [-0.25, -0.2) is 4.98 Å². The largest absolute Gasteiger partial charge is 0.492 e. The SMILES string of the molecule is CN(CCOc1ccccc1)C(=O)CCc1ncc(-c2ccccc2Cl)o1. The molecule has 0 atom stereocenters. The highest BCUT2D eigenvalue weighted by Gasteiger charge is 2.13. The van der Waals surface area contributed by atoms with E-state index < -0.39 is 0 Å². The predicted octanol–water partition coefficient (Wildman–Crippen LogP) is 4.47. The predicted molar refractivity (Wildman–Crippen MR) is 105 cm³/mol. The minimum atomic E-state index is 0.0177. The third kappa shape index (κ3) is 5.34. The van der Waals surface area contributed by atoms with E-state index >= 15 is 0 Å². The van der Waals surface area contributed by atoms with Gasteiger partial charge in [-0.2, -0.15) is 0 Å². The first-order valence-corrected chi connectivity index (χ1v) is 9.12. The number of benzene rings is 2. The number of ether oxygens (including phenoxy) is 1. The Balaban J connectivity index is 1.45. The summed E-state index contributed by atoms with van der Waals surface area (Å²) in [5.41, 5.74) is 0.791. The van der Waals surface area contributed by atoms with Gasteiger partial charge in [-0.3, -0.25) is 4.79 Å². The Morgan fingerprint density at radius 1 is 1.15 bits per heavy atom. The molecule has 3 rings (SSSR count). The quantitative estimate of drug-likeness (QED) is 0.575. The van der Waals surface area contributed by atoms with Gasteiger partial charge in [0.05, 0.1) is 17.8 Å². The summed E-state index contributed by atoms with van der Waals surface area (Å²) in [4.78, 5) is 18.2. The van der Waals surface area contributed by atoms with Crippen LogP contribution in [0.25, 0.3) is 11.3 Å². The van der Waals surface area contributed by atoms with E-state index in [0.717, 1.165) is 11.3 Å². The number of hydrogen-bond donors (Lipinski definition) is 0. The van der Waals surface area contributed by atoms with Crippen LogP contribution in [0.15, 0.2) is 65.2 Å². The highest BCUT2D eigenvalue weighted by atomic mass is 35.5. The molecule has 0 saturated heterocycles. The van der Waals surface area contributed by atoms with E-state index in [1.54, 1.807) is 24.2 Å². The van der Waals surface area contributed by atoms with Crippen LogP contribution in [0.1, 0.15) is 12.3 Å². The van der Waals surface area contributed by atoms with Crippen LogP contribution in [-0.2, 0) is 11.2 Å². The molecule has 0 N–H and O–H groups in total. The Morgan fingerprint density at radius 2 is 1.89 bits per heavy atom. The van der Waals surface area contributed by atoms with Crippen LogP contribution in [-0.4, -0.2) is 36.0 Å². The molecule has 140 valence electrons. The Labute approximate surface area is 163 Å². The lowest BCUT2D eigenvalue weighted by molar-refractivity contribution is -0.130. The highest BCUT2D eigenvalue weighted by molar-refractivity contribution is 6.33. The molecule has 0 radical (unpaired) electrons. The van der Waals surface area contributed by atoms with Gasteiger partial charge in [0.15, 0.2) is 11.7 Å². The first-order chi connectivity index (χ1) is 13.1. The van der Waals surface area contributed by atoms with Crippen LogP contribution in [0.5, 0.6) is 5.75 Å². The van der Waals surface area contributed by atoms with Crippen LogP contribution in [0.4, 0.5) is 0 Å². The summed E-state index contributed by atoms with van der Waals surface area (Å²) in [5.74, 6) is 1.94. The number of nitrogens with zero attached hydrogens (tertiary/aromatic N) is 2. The number of carbonyl (C=O) groups excluding carboxylic acids is 1. The third-order valence-electron chi connectivity index (χ3n) is 4.11. The van der Waals surface area contributed by atoms with Gasteiger partial charge in [-0.15, -0.1) is 0 Å². The monoisotopic (exact) mass is 384 g/mol. The van der Waals surface area contributed by atoms with Crippen molar-refractivity contribution in [3.63, 3.8) is 0 Å². The van der Waals surface area contributed by atoms with Gasteiger partial charge in [-0.1, -0.05) is 41.9 Å². The average molecular weight is 385 g/mol. The van der Waals surface area contributed by atoms with Crippen molar-refractivity contribution in [2.45, 2.75) is 12.8 Å². The molecule has 1 aromatic heterocycles. The van der Waals surface area contributed by atoms with Crippen LogP contribution in [0, 0.1) is 0 Å². The molecular weight excluding hydrogens is 364 g/mol. The normalized spacial score (nSPS) is 10.6. The molecule has 27 heavy (non-hydrogen) atoms. The van der Waals surface area contributed by atoms with Crippen LogP contribution in [0.3, 0.4) is 0 Å². The van der Waals surface area contributed by atoms with Crippen LogP contribution < -0.4 is 4.74 Å². The van der Waals surface area contributed by atoms with E-state index in [9.17, 15) is 4.79 Å². The Hall–Kier alpha value is -2.79. The van der Waals surface area contributed by atoms with Gasteiger partial charge in [0.25, 0.3) is 0 Å². The van der Waals surface area contributed by atoms with Crippen molar-refractivity contribution in [1.29, 1.82) is 0 Å². The van der Waals surface area contributed by atoms with Crippen molar-refractivity contribution >= 4 is 17.5 Å². The summed E-state index contributed by atoms with van der Waals surface area (Å²) in [6, 6.07) is 17.0. The van der Waals surface area contributed by atoms with Crippen molar-refractivity contribution < 1.29 is 13.9 Å². The number of aromatic nitrogens is 1. The standard InChI is InChI=1S/C21H21ClN2O3/c1-24(13-14-26-16-7-3-2-4-8-16)21(25)12-11-20-23-15-19(27-20)17-9-5-6-10-18(17)22/h2-10,15H,11-14H2,1H3.